The average Bonchev–Trinajstić information content (AvgIpc) is 2.41. The molecule has 1 atom stereocenters. The van der Waals surface area contributed by atoms with Crippen LogP contribution in [0.1, 0.15) is 31.4 Å². The van der Waals surface area contributed by atoms with Gasteiger partial charge in [-0.3, -0.25) is 9.78 Å². The molecular weight excluding hydrogens is 246 g/mol. The molecule has 1 rings (SSSR count). The van der Waals surface area contributed by atoms with E-state index in [-0.39, 0.29) is 5.69 Å². The molecule has 102 valence electrons. The van der Waals surface area contributed by atoms with Gasteiger partial charge in [0.15, 0.2) is 5.92 Å². The van der Waals surface area contributed by atoms with Crippen molar-refractivity contribution in [2.45, 2.75) is 25.7 Å². The minimum absolute atomic E-state index is 0.273. The Kier molecular flexibility index (Phi) is 5.61. The second-order valence-electron chi connectivity index (χ2n) is 3.93. The van der Waals surface area contributed by atoms with E-state index in [0.29, 0.717) is 18.0 Å². The maximum absolute atomic E-state index is 11.8. The van der Waals surface area contributed by atoms with Crippen LogP contribution in [0.3, 0.4) is 0 Å². The minimum Gasteiger partial charge on any atom is -0.494 e. The van der Waals surface area contributed by atoms with Crippen molar-refractivity contribution >= 4 is 11.7 Å². The Balaban J connectivity index is 2.85. The summed E-state index contributed by atoms with van der Waals surface area (Å²) in [4.78, 5) is 15.8. The number of rotatable bonds is 6. The fraction of sp³-hybridized carbons (Fsp3) is 0.462. The minimum atomic E-state index is -1.06. The summed E-state index contributed by atoms with van der Waals surface area (Å²) in [5.41, 5.74) is 6.25. The van der Waals surface area contributed by atoms with Crippen LogP contribution in [-0.4, -0.2) is 24.7 Å². The topological polar surface area (TPSA) is 98.2 Å². The Hall–Kier alpha value is -2.29. The van der Waals surface area contributed by atoms with Gasteiger partial charge in [0, 0.05) is 6.07 Å². The van der Waals surface area contributed by atoms with Gasteiger partial charge in [-0.25, -0.2) is 0 Å². The molecule has 2 N–H and O–H groups in total. The number of pyridine rings is 1. The Bertz CT molecular complexity index is 483. The molecule has 6 nitrogen and oxygen atoms in total. The number of unbranched alkanes of at least 4 members (excludes halogenated alkanes) is 1. The summed E-state index contributed by atoms with van der Waals surface area (Å²) in [6.45, 7) is 2.29. The predicted molar refractivity (Wildman–Crippen MR) is 69.4 cm³/mol. The third-order valence-corrected chi connectivity index (χ3v) is 2.54. The van der Waals surface area contributed by atoms with E-state index < -0.39 is 11.9 Å². The molecule has 1 heterocycles. The number of nitriles is 1. The second kappa shape index (κ2) is 7.21. The summed E-state index contributed by atoms with van der Waals surface area (Å²) >= 11 is 0. The van der Waals surface area contributed by atoms with Crippen LogP contribution in [-0.2, 0) is 9.53 Å². The Morgan fingerprint density at radius 1 is 1.63 bits per heavy atom. The van der Waals surface area contributed by atoms with Crippen molar-refractivity contribution in [2.24, 2.45) is 0 Å². The van der Waals surface area contributed by atoms with Gasteiger partial charge in [-0.05, 0) is 6.42 Å². The van der Waals surface area contributed by atoms with Gasteiger partial charge in [-0.15, -0.1) is 0 Å². The van der Waals surface area contributed by atoms with Crippen LogP contribution in [0.15, 0.2) is 12.3 Å². The summed E-state index contributed by atoms with van der Waals surface area (Å²) in [6.07, 6.45) is 3.04. The van der Waals surface area contributed by atoms with Crippen LogP contribution in [0.25, 0.3) is 0 Å². The van der Waals surface area contributed by atoms with Crippen LogP contribution in [0.5, 0.6) is 5.75 Å². The van der Waals surface area contributed by atoms with Gasteiger partial charge >= 0.3 is 5.97 Å². The van der Waals surface area contributed by atoms with E-state index in [4.69, 9.17) is 20.5 Å². The average molecular weight is 263 g/mol. The lowest BCUT2D eigenvalue weighted by Gasteiger charge is -2.11. The van der Waals surface area contributed by atoms with Crippen molar-refractivity contribution in [1.82, 2.24) is 4.98 Å². The van der Waals surface area contributed by atoms with E-state index >= 15 is 0 Å². The number of nitrogens with zero attached hydrogens (tertiary/aromatic N) is 2. The van der Waals surface area contributed by atoms with E-state index in [0.717, 1.165) is 12.8 Å². The van der Waals surface area contributed by atoms with E-state index in [9.17, 15) is 4.79 Å². The fourth-order valence-corrected chi connectivity index (χ4v) is 1.44. The van der Waals surface area contributed by atoms with Gasteiger partial charge in [-0.1, -0.05) is 13.3 Å². The number of carbonyl (C=O) groups is 1. The number of hydrogen-bond donors (Lipinski definition) is 1. The number of nitrogen functional groups attached to an aromatic ring is 1. The fourth-order valence-electron chi connectivity index (χ4n) is 1.44. The largest absolute Gasteiger partial charge is 0.494 e. The van der Waals surface area contributed by atoms with Crippen LogP contribution in [0, 0.1) is 11.3 Å². The van der Waals surface area contributed by atoms with Crippen molar-refractivity contribution in [2.75, 3.05) is 19.5 Å². The van der Waals surface area contributed by atoms with E-state index in [2.05, 4.69) is 4.98 Å². The molecule has 0 aliphatic carbocycles. The molecule has 19 heavy (non-hydrogen) atoms. The number of aromatic nitrogens is 1. The lowest BCUT2D eigenvalue weighted by atomic mass is 10.1. The lowest BCUT2D eigenvalue weighted by Crippen LogP contribution is -2.16. The second-order valence-corrected chi connectivity index (χ2v) is 3.93. The first-order valence-electron chi connectivity index (χ1n) is 5.99. The number of esters is 1. The maximum Gasteiger partial charge on any atom is 0.329 e. The zero-order chi connectivity index (χ0) is 14.3. The van der Waals surface area contributed by atoms with E-state index in [1.54, 1.807) is 0 Å². The predicted octanol–water partition coefficient (Wildman–Crippen LogP) is 1.62. The molecule has 0 fully saturated rings. The smallest absolute Gasteiger partial charge is 0.329 e. The summed E-state index contributed by atoms with van der Waals surface area (Å²) in [6, 6.07) is 3.36. The molecule has 0 saturated heterocycles. The normalized spacial score (nSPS) is 11.4. The summed E-state index contributed by atoms with van der Waals surface area (Å²) < 4.78 is 10.1. The number of anilines is 1. The van der Waals surface area contributed by atoms with Crippen molar-refractivity contribution in [3.63, 3.8) is 0 Å². The van der Waals surface area contributed by atoms with Gasteiger partial charge in [0.1, 0.15) is 5.75 Å². The maximum atomic E-state index is 11.8. The highest BCUT2D eigenvalue weighted by atomic mass is 16.5. The first-order valence-corrected chi connectivity index (χ1v) is 5.99. The van der Waals surface area contributed by atoms with Crippen molar-refractivity contribution in [1.29, 1.82) is 5.26 Å². The number of methoxy groups -OCH3 is 1. The van der Waals surface area contributed by atoms with Crippen LogP contribution in [0.2, 0.25) is 0 Å². The highest BCUT2D eigenvalue weighted by Crippen LogP contribution is 2.24. The van der Waals surface area contributed by atoms with E-state index in [1.165, 1.54) is 19.4 Å². The molecular formula is C13H17N3O3. The zero-order valence-corrected chi connectivity index (χ0v) is 11.0. The van der Waals surface area contributed by atoms with Crippen molar-refractivity contribution in [3.8, 4) is 11.8 Å². The molecule has 0 saturated carbocycles. The first-order chi connectivity index (χ1) is 9.13. The van der Waals surface area contributed by atoms with Gasteiger partial charge in [0.2, 0.25) is 0 Å². The summed E-state index contributed by atoms with van der Waals surface area (Å²) in [5, 5.41) is 9.08. The molecule has 0 aliphatic rings. The number of ether oxygens (including phenoxy) is 2. The summed E-state index contributed by atoms with van der Waals surface area (Å²) in [5.74, 6) is -1.28. The SMILES string of the molecule is CCCCOC(=O)C(C#N)c1cc(OC)c(N)cn1. The van der Waals surface area contributed by atoms with Crippen molar-refractivity contribution in [3.05, 3.63) is 18.0 Å². The monoisotopic (exact) mass is 263 g/mol. The van der Waals surface area contributed by atoms with Crippen LogP contribution < -0.4 is 10.5 Å². The Morgan fingerprint density at radius 2 is 2.37 bits per heavy atom. The molecule has 0 radical (unpaired) electrons. The van der Waals surface area contributed by atoms with Gasteiger partial charge in [-0.2, -0.15) is 5.26 Å². The van der Waals surface area contributed by atoms with Crippen LogP contribution >= 0.6 is 0 Å². The van der Waals surface area contributed by atoms with Crippen LogP contribution in [0.4, 0.5) is 5.69 Å². The van der Waals surface area contributed by atoms with Gasteiger partial charge < -0.3 is 15.2 Å². The quantitative estimate of drug-likeness (QED) is 0.618. The third kappa shape index (κ3) is 3.85. The molecule has 0 aromatic carbocycles. The molecule has 0 amide bonds. The molecule has 0 bridgehead atoms. The zero-order valence-electron chi connectivity index (χ0n) is 11.0. The highest BCUT2D eigenvalue weighted by molar-refractivity contribution is 5.81. The molecule has 6 heteroatoms. The third-order valence-electron chi connectivity index (χ3n) is 2.54. The lowest BCUT2D eigenvalue weighted by molar-refractivity contribution is -0.144. The molecule has 0 aliphatic heterocycles. The summed E-state index contributed by atoms with van der Waals surface area (Å²) in [7, 11) is 1.45. The molecule has 1 unspecified atom stereocenters. The standard InChI is InChI=1S/C13H17N3O3/c1-3-4-5-19-13(17)9(7-14)11-6-12(18-2)10(15)8-16-11/h6,8-9H,3-5,15H2,1-2H3. The number of nitrogens with two attached hydrogens (primary N) is 1. The van der Waals surface area contributed by atoms with Gasteiger partial charge in [0.05, 0.1) is 37.4 Å². The molecule has 1 aromatic rings. The van der Waals surface area contributed by atoms with Gasteiger partial charge in [0.25, 0.3) is 0 Å². The first kappa shape index (κ1) is 14.8. The molecule has 0 spiro atoms. The molecule has 1 aromatic heterocycles. The number of hydrogen-bond acceptors (Lipinski definition) is 6. The highest BCUT2D eigenvalue weighted by Gasteiger charge is 2.24. The Morgan fingerprint density at radius 3 is 2.95 bits per heavy atom. The van der Waals surface area contributed by atoms with Crippen molar-refractivity contribution < 1.29 is 14.3 Å². The van der Waals surface area contributed by atoms with E-state index in [1.807, 2.05) is 13.0 Å². The Labute approximate surface area is 112 Å². The number of carbonyl (C=O) groups excluding carboxylic acids is 1.